The monoisotopic (exact) mass is 334 g/mol. The first-order valence-corrected chi connectivity index (χ1v) is 7.89. The zero-order valence-corrected chi connectivity index (χ0v) is 13.6. The molecule has 1 aromatic rings. The van der Waals surface area contributed by atoms with E-state index >= 15 is 0 Å². The number of morpholine rings is 1. The second kappa shape index (κ2) is 8.44. The number of nitrogens with zero attached hydrogens (tertiary/aromatic N) is 1. The molecule has 0 saturated carbocycles. The Kier molecular flexibility index (Phi) is 6.31. The van der Waals surface area contributed by atoms with E-state index in [0.717, 1.165) is 5.56 Å². The van der Waals surface area contributed by atoms with Crippen molar-refractivity contribution in [3.8, 4) is 0 Å². The number of benzene rings is 1. The van der Waals surface area contributed by atoms with Crippen molar-refractivity contribution < 1.29 is 24.2 Å². The number of hydrogen-bond acceptors (Lipinski definition) is 4. The zero-order chi connectivity index (χ0) is 17.5. The summed E-state index contributed by atoms with van der Waals surface area (Å²) in [5.74, 6) is -1.28. The Labute approximate surface area is 140 Å². The summed E-state index contributed by atoms with van der Waals surface area (Å²) in [6.45, 7) is 2.42. The first-order chi connectivity index (χ1) is 11.5. The number of aliphatic carboxylic acids is 1. The van der Waals surface area contributed by atoms with Crippen molar-refractivity contribution in [3.63, 3.8) is 0 Å². The van der Waals surface area contributed by atoms with Crippen LogP contribution in [0.4, 0.5) is 0 Å². The minimum absolute atomic E-state index is 0.127. The molecule has 2 N–H and O–H groups in total. The Morgan fingerprint density at radius 1 is 1.33 bits per heavy atom. The molecule has 0 spiro atoms. The SMILES string of the molecule is CC(=O)N[C@@H](CC(=O)N1CCO[C@@H](CC(=O)O)C1)c1ccccc1. The maximum absolute atomic E-state index is 12.6. The van der Waals surface area contributed by atoms with Gasteiger partial charge in [-0.25, -0.2) is 0 Å². The molecule has 1 aliphatic rings. The molecule has 1 aliphatic heterocycles. The van der Waals surface area contributed by atoms with Gasteiger partial charge in [-0.3, -0.25) is 14.4 Å². The molecule has 2 amide bonds. The molecule has 0 radical (unpaired) electrons. The van der Waals surface area contributed by atoms with E-state index < -0.39 is 18.1 Å². The fourth-order valence-corrected chi connectivity index (χ4v) is 2.75. The maximum Gasteiger partial charge on any atom is 0.306 e. The number of carboxylic acids is 1. The minimum atomic E-state index is -0.949. The predicted octanol–water partition coefficient (Wildman–Crippen LogP) is 0.956. The summed E-state index contributed by atoms with van der Waals surface area (Å²) in [6.07, 6.45) is -0.489. The summed E-state index contributed by atoms with van der Waals surface area (Å²) in [5, 5.41) is 11.7. The number of ether oxygens (including phenoxy) is 1. The van der Waals surface area contributed by atoms with Crippen LogP contribution in [0.2, 0.25) is 0 Å². The Morgan fingerprint density at radius 3 is 2.67 bits per heavy atom. The molecule has 24 heavy (non-hydrogen) atoms. The van der Waals surface area contributed by atoms with Crippen LogP contribution >= 0.6 is 0 Å². The summed E-state index contributed by atoms with van der Waals surface area (Å²) in [5.41, 5.74) is 0.858. The molecule has 0 aliphatic carbocycles. The van der Waals surface area contributed by atoms with Crippen LogP contribution in [0.5, 0.6) is 0 Å². The molecule has 7 nitrogen and oxygen atoms in total. The van der Waals surface area contributed by atoms with Crippen molar-refractivity contribution in [1.29, 1.82) is 0 Å². The van der Waals surface area contributed by atoms with Gasteiger partial charge >= 0.3 is 5.97 Å². The van der Waals surface area contributed by atoms with Gasteiger partial charge in [-0.2, -0.15) is 0 Å². The van der Waals surface area contributed by atoms with E-state index in [0.29, 0.717) is 13.2 Å². The zero-order valence-electron chi connectivity index (χ0n) is 13.6. The van der Waals surface area contributed by atoms with Gasteiger partial charge in [-0.15, -0.1) is 0 Å². The Balaban J connectivity index is 2.01. The number of carboxylic acid groups (broad SMARTS) is 1. The highest BCUT2D eigenvalue weighted by Gasteiger charge is 2.28. The molecule has 1 heterocycles. The molecule has 130 valence electrons. The van der Waals surface area contributed by atoms with E-state index in [9.17, 15) is 14.4 Å². The van der Waals surface area contributed by atoms with Gasteiger partial charge in [0.15, 0.2) is 0 Å². The van der Waals surface area contributed by atoms with Crippen LogP contribution in [0.15, 0.2) is 30.3 Å². The van der Waals surface area contributed by atoms with Gasteiger partial charge in [-0.1, -0.05) is 30.3 Å². The van der Waals surface area contributed by atoms with Crippen LogP contribution in [0.3, 0.4) is 0 Å². The smallest absolute Gasteiger partial charge is 0.306 e. The molecule has 0 unspecified atom stereocenters. The Morgan fingerprint density at radius 2 is 2.04 bits per heavy atom. The highest BCUT2D eigenvalue weighted by molar-refractivity contribution is 5.79. The first kappa shape index (κ1) is 17.9. The summed E-state index contributed by atoms with van der Waals surface area (Å²) in [7, 11) is 0. The predicted molar refractivity (Wildman–Crippen MR) is 86.2 cm³/mol. The van der Waals surface area contributed by atoms with Gasteiger partial charge < -0.3 is 20.1 Å². The summed E-state index contributed by atoms with van der Waals surface area (Å²) in [4.78, 5) is 36.4. The highest BCUT2D eigenvalue weighted by Crippen LogP contribution is 2.19. The lowest BCUT2D eigenvalue weighted by atomic mass is 10.0. The second-order valence-electron chi connectivity index (χ2n) is 5.80. The largest absolute Gasteiger partial charge is 0.481 e. The maximum atomic E-state index is 12.6. The van der Waals surface area contributed by atoms with Gasteiger partial charge in [0.2, 0.25) is 11.8 Å². The second-order valence-corrected chi connectivity index (χ2v) is 5.80. The average molecular weight is 334 g/mol. The van der Waals surface area contributed by atoms with E-state index in [1.165, 1.54) is 6.92 Å². The van der Waals surface area contributed by atoms with Crippen LogP contribution in [0.25, 0.3) is 0 Å². The standard InChI is InChI=1S/C17H22N2O5/c1-12(20)18-15(13-5-3-2-4-6-13)10-16(21)19-7-8-24-14(11-19)9-17(22)23/h2-6,14-15H,7-11H2,1H3,(H,18,20)(H,22,23)/t14-,15-/m0/s1. The van der Waals surface area contributed by atoms with Crippen LogP contribution in [0.1, 0.15) is 31.4 Å². The average Bonchev–Trinajstić information content (AvgIpc) is 2.54. The first-order valence-electron chi connectivity index (χ1n) is 7.89. The summed E-state index contributed by atoms with van der Waals surface area (Å²) in [6, 6.07) is 8.89. The van der Waals surface area contributed by atoms with Gasteiger partial charge in [0.05, 0.1) is 31.6 Å². The lowest BCUT2D eigenvalue weighted by molar-refractivity contribution is -0.148. The van der Waals surface area contributed by atoms with Crippen LogP contribution in [-0.4, -0.2) is 53.6 Å². The van der Waals surface area contributed by atoms with Crippen molar-refractivity contribution in [2.75, 3.05) is 19.7 Å². The van der Waals surface area contributed by atoms with E-state index in [-0.39, 0.29) is 31.2 Å². The van der Waals surface area contributed by atoms with Gasteiger partial charge in [0.25, 0.3) is 0 Å². The number of hydrogen-bond donors (Lipinski definition) is 2. The summed E-state index contributed by atoms with van der Waals surface area (Å²) < 4.78 is 5.38. The van der Waals surface area contributed by atoms with Crippen molar-refractivity contribution >= 4 is 17.8 Å². The quantitative estimate of drug-likeness (QED) is 0.808. The molecule has 1 aromatic carbocycles. The van der Waals surface area contributed by atoms with E-state index in [2.05, 4.69) is 5.32 Å². The molecule has 1 saturated heterocycles. The van der Waals surface area contributed by atoms with E-state index in [1.807, 2.05) is 30.3 Å². The number of amides is 2. The fraction of sp³-hybridized carbons (Fsp3) is 0.471. The molecule has 7 heteroatoms. The van der Waals surface area contributed by atoms with Crippen molar-refractivity contribution in [2.24, 2.45) is 0 Å². The number of carbonyl (C=O) groups excluding carboxylic acids is 2. The van der Waals surface area contributed by atoms with Crippen molar-refractivity contribution in [1.82, 2.24) is 10.2 Å². The molecule has 0 aromatic heterocycles. The third kappa shape index (κ3) is 5.34. The molecule has 2 atom stereocenters. The molecular formula is C17H22N2O5. The lowest BCUT2D eigenvalue weighted by Gasteiger charge is -2.33. The van der Waals surface area contributed by atoms with Crippen molar-refractivity contribution in [2.45, 2.75) is 31.9 Å². The molecule has 2 rings (SSSR count). The van der Waals surface area contributed by atoms with Crippen molar-refractivity contribution in [3.05, 3.63) is 35.9 Å². The van der Waals surface area contributed by atoms with E-state index in [1.54, 1.807) is 4.90 Å². The number of rotatable bonds is 6. The van der Waals surface area contributed by atoms with Gasteiger partial charge in [-0.05, 0) is 5.56 Å². The minimum Gasteiger partial charge on any atom is -0.481 e. The third-order valence-corrected chi connectivity index (χ3v) is 3.85. The normalized spacial score (nSPS) is 18.7. The highest BCUT2D eigenvalue weighted by atomic mass is 16.5. The van der Waals surface area contributed by atoms with Crippen LogP contribution < -0.4 is 5.32 Å². The molecular weight excluding hydrogens is 312 g/mol. The Bertz CT molecular complexity index is 590. The lowest BCUT2D eigenvalue weighted by Crippen LogP contribution is -2.47. The van der Waals surface area contributed by atoms with Gasteiger partial charge in [0.1, 0.15) is 0 Å². The fourth-order valence-electron chi connectivity index (χ4n) is 2.75. The number of nitrogens with one attached hydrogen (secondary N) is 1. The Hall–Kier alpha value is -2.41. The van der Waals surface area contributed by atoms with Crippen LogP contribution in [-0.2, 0) is 19.1 Å². The molecule has 1 fully saturated rings. The summed E-state index contributed by atoms with van der Waals surface area (Å²) >= 11 is 0. The van der Waals surface area contributed by atoms with Crippen LogP contribution in [0, 0.1) is 0 Å². The van der Waals surface area contributed by atoms with E-state index in [4.69, 9.17) is 9.84 Å². The number of carbonyl (C=O) groups is 3. The van der Waals surface area contributed by atoms with Gasteiger partial charge in [0, 0.05) is 20.0 Å². The third-order valence-electron chi connectivity index (χ3n) is 3.85. The topological polar surface area (TPSA) is 95.9 Å². The molecule has 0 bridgehead atoms.